The second kappa shape index (κ2) is 10.3. The molecule has 1 aromatic rings. The predicted octanol–water partition coefficient (Wildman–Crippen LogP) is 0.618. The van der Waals surface area contributed by atoms with Gasteiger partial charge < -0.3 is 30.7 Å². The number of aromatic hydroxyl groups is 2. The smallest absolute Gasteiger partial charge is 0.221 e. The minimum atomic E-state index is -0.566. The highest BCUT2D eigenvalue weighted by atomic mass is 16.5. The molecule has 0 heterocycles. The number of ether oxygens (including phenoxy) is 2. The van der Waals surface area contributed by atoms with Gasteiger partial charge >= 0.3 is 0 Å². The van der Waals surface area contributed by atoms with E-state index >= 15 is 0 Å². The van der Waals surface area contributed by atoms with Crippen LogP contribution in [0.4, 0.5) is 0 Å². The van der Waals surface area contributed by atoms with Gasteiger partial charge in [0, 0.05) is 25.9 Å². The third-order valence-electron chi connectivity index (χ3n) is 2.91. The van der Waals surface area contributed by atoms with Crippen molar-refractivity contribution in [3.8, 4) is 23.5 Å². The zero-order valence-corrected chi connectivity index (χ0v) is 13.0. The van der Waals surface area contributed by atoms with Crippen molar-refractivity contribution in [2.45, 2.75) is 19.4 Å². The number of amides is 1. The summed E-state index contributed by atoms with van der Waals surface area (Å²) >= 11 is 0. The molecule has 0 aliphatic carbocycles. The lowest BCUT2D eigenvalue weighted by atomic mass is 10.0. The molecular formula is C16H22N2O5. The van der Waals surface area contributed by atoms with E-state index in [-0.39, 0.29) is 23.8 Å². The first kappa shape index (κ1) is 18.6. The summed E-state index contributed by atoms with van der Waals surface area (Å²) in [6.07, 6.45) is 2.52. The molecule has 0 aliphatic rings. The highest BCUT2D eigenvalue weighted by Gasteiger charge is 2.13. The number of nitrogens with two attached hydrogens (primary N) is 1. The highest BCUT2D eigenvalue weighted by molar-refractivity contribution is 5.76. The standard InChI is InChI=1S/C16H22N2O5/c1-2-6-22-8-9-23-7-5-18-16(21)11-13(17)12-3-4-14(19)15(20)10-12/h3-4,10,13,19-20H,5,7-9,11,17H2,1H3,(H,18,21)/t13-/m1/s1. The third kappa shape index (κ3) is 7.40. The Morgan fingerprint density at radius 2 is 2.09 bits per heavy atom. The van der Waals surface area contributed by atoms with E-state index in [1.807, 2.05) is 0 Å². The van der Waals surface area contributed by atoms with Gasteiger partial charge in [-0.25, -0.2) is 0 Å². The normalized spacial score (nSPS) is 11.2. The van der Waals surface area contributed by atoms with Gasteiger partial charge in [0.25, 0.3) is 0 Å². The Labute approximate surface area is 135 Å². The van der Waals surface area contributed by atoms with Crippen LogP contribution >= 0.6 is 0 Å². The van der Waals surface area contributed by atoms with Crippen LogP contribution in [0.5, 0.6) is 11.5 Å². The van der Waals surface area contributed by atoms with Gasteiger partial charge in [-0.1, -0.05) is 12.0 Å². The molecule has 0 saturated carbocycles. The zero-order chi connectivity index (χ0) is 17.1. The van der Waals surface area contributed by atoms with Gasteiger partial charge in [-0.15, -0.1) is 0 Å². The summed E-state index contributed by atoms with van der Waals surface area (Å²) < 4.78 is 10.2. The summed E-state index contributed by atoms with van der Waals surface area (Å²) in [4.78, 5) is 11.8. The van der Waals surface area contributed by atoms with Crippen LogP contribution in [-0.4, -0.2) is 42.5 Å². The number of hydrogen-bond acceptors (Lipinski definition) is 6. The van der Waals surface area contributed by atoms with Crippen molar-refractivity contribution in [3.63, 3.8) is 0 Å². The van der Waals surface area contributed by atoms with Crippen LogP contribution in [0, 0.1) is 12.0 Å². The summed E-state index contributed by atoms with van der Waals surface area (Å²) in [6, 6.07) is 3.68. The van der Waals surface area contributed by atoms with E-state index in [2.05, 4.69) is 17.3 Å². The molecule has 0 aromatic heterocycles. The monoisotopic (exact) mass is 322 g/mol. The number of carbonyl (C=O) groups is 1. The molecule has 1 rings (SSSR count). The fourth-order valence-corrected chi connectivity index (χ4v) is 1.75. The lowest BCUT2D eigenvalue weighted by Gasteiger charge is -2.13. The van der Waals surface area contributed by atoms with E-state index in [1.165, 1.54) is 12.1 Å². The molecule has 0 aliphatic heterocycles. The summed E-state index contributed by atoms with van der Waals surface area (Å²) in [7, 11) is 0. The van der Waals surface area contributed by atoms with E-state index in [0.717, 1.165) is 0 Å². The Hall–Kier alpha value is -2.43. The molecule has 1 atom stereocenters. The van der Waals surface area contributed by atoms with E-state index in [9.17, 15) is 15.0 Å². The lowest BCUT2D eigenvalue weighted by molar-refractivity contribution is -0.121. The van der Waals surface area contributed by atoms with Crippen molar-refractivity contribution in [3.05, 3.63) is 23.8 Å². The van der Waals surface area contributed by atoms with Crippen LogP contribution in [0.3, 0.4) is 0 Å². The van der Waals surface area contributed by atoms with Crippen molar-refractivity contribution >= 4 is 5.91 Å². The fraction of sp³-hybridized carbons (Fsp3) is 0.438. The largest absolute Gasteiger partial charge is 0.504 e. The molecule has 23 heavy (non-hydrogen) atoms. The molecule has 0 bridgehead atoms. The quantitative estimate of drug-likeness (QED) is 0.301. The molecule has 0 unspecified atom stereocenters. The Bertz CT molecular complexity index is 565. The van der Waals surface area contributed by atoms with Crippen molar-refractivity contribution in [2.24, 2.45) is 5.73 Å². The number of hydrogen-bond donors (Lipinski definition) is 4. The van der Waals surface area contributed by atoms with Gasteiger partial charge in [0.05, 0.1) is 13.2 Å². The van der Waals surface area contributed by atoms with Gasteiger partial charge in [0.15, 0.2) is 11.5 Å². The Morgan fingerprint density at radius 1 is 1.30 bits per heavy atom. The molecule has 126 valence electrons. The van der Waals surface area contributed by atoms with Crippen LogP contribution in [0.15, 0.2) is 18.2 Å². The lowest BCUT2D eigenvalue weighted by Crippen LogP contribution is -2.30. The van der Waals surface area contributed by atoms with Crippen molar-refractivity contribution in [2.75, 3.05) is 26.4 Å². The average Bonchev–Trinajstić information content (AvgIpc) is 2.52. The van der Waals surface area contributed by atoms with Crippen molar-refractivity contribution in [1.29, 1.82) is 0 Å². The molecule has 1 aromatic carbocycles. The maximum atomic E-state index is 11.8. The molecule has 7 nitrogen and oxygen atoms in total. The minimum Gasteiger partial charge on any atom is -0.504 e. The summed E-state index contributed by atoms with van der Waals surface area (Å²) in [5.41, 5.74) is 6.47. The molecule has 0 saturated heterocycles. The van der Waals surface area contributed by atoms with Gasteiger partial charge in [0.1, 0.15) is 12.7 Å². The van der Waals surface area contributed by atoms with E-state index < -0.39 is 6.04 Å². The topological polar surface area (TPSA) is 114 Å². The molecule has 5 N–H and O–H groups in total. The molecule has 0 radical (unpaired) electrons. The highest BCUT2D eigenvalue weighted by Crippen LogP contribution is 2.27. The summed E-state index contributed by atoms with van der Waals surface area (Å²) in [5, 5.41) is 21.3. The SMILES string of the molecule is CC#COCCOCCNC(=O)C[C@@H](N)c1ccc(O)c(O)c1. The first-order chi connectivity index (χ1) is 11.0. The van der Waals surface area contributed by atoms with E-state index in [0.29, 0.717) is 31.9 Å². The first-order valence-electron chi connectivity index (χ1n) is 7.20. The Morgan fingerprint density at radius 3 is 2.78 bits per heavy atom. The first-order valence-corrected chi connectivity index (χ1v) is 7.20. The fourth-order valence-electron chi connectivity index (χ4n) is 1.75. The number of benzene rings is 1. The summed E-state index contributed by atoms with van der Waals surface area (Å²) in [5.74, 6) is 1.89. The van der Waals surface area contributed by atoms with Gasteiger partial charge in [-0.05, 0) is 17.7 Å². The van der Waals surface area contributed by atoms with Crippen molar-refractivity contribution in [1.82, 2.24) is 5.32 Å². The van der Waals surface area contributed by atoms with Crippen LogP contribution in [-0.2, 0) is 14.3 Å². The van der Waals surface area contributed by atoms with Gasteiger partial charge in [-0.2, -0.15) is 0 Å². The van der Waals surface area contributed by atoms with Crippen LogP contribution in [0.25, 0.3) is 0 Å². The van der Waals surface area contributed by atoms with Crippen LogP contribution in [0.1, 0.15) is 24.9 Å². The van der Waals surface area contributed by atoms with Crippen LogP contribution in [0.2, 0.25) is 0 Å². The van der Waals surface area contributed by atoms with E-state index in [4.69, 9.17) is 15.2 Å². The maximum absolute atomic E-state index is 11.8. The third-order valence-corrected chi connectivity index (χ3v) is 2.91. The number of carbonyl (C=O) groups excluding carboxylic acids is 1. The second-order valence-corrected chi connectivity index (χ2v) is 4.72. The van der Waals surface area contributed by atoms with Gasteiger partial charge in [0.2, 0.25) is 5.91 Å². The van der Waals surface area contributed by atoms with Crippen LogP contribution < -0.4 is 11.1 Å². The number of phenolic OH excluding ortho intramolecular Hbond substituents is 2. The zero-order valence-electron chi connectivity index (χ0n) is 13.0. The average molecular weight is 322 g/mol. The van der Waals surface area contributed by atoms with E-state index in [1.54, 1.807) is 13.0 Å². The molecule has 1 amide bonds. The minimum absolute atomic E-state index is 0.0689. The Balaban J connectivity index is 2.20. The molecule has 0 fully saturated rings. The van der Waals surface area contributed by atoms with Crippen molar-refractivity contribution < 1.29 is 24.5 Å². The second-order valence-electron chi connectivity index (χ2n) is 4.72. The maximum Gasteiger partial charge on any atom is 0.221 e. The molecule has 7 heteroatoms. The number of phenols is 2. The number of rotatable bonds is 9. The molecule has 0 spiro atoms. The number of nitrogens with one attached hydrogen (secondary N) is 1. The van der Waals surface area contributed by atoms with Gasteiger partial charge in [-0.3, -0.25) is 4.79 Å². The Kier molecular flexibility index (Phi) is 8.36. The predicted molar refractivity (Wildman–Crippen MR) is 84.5 cm³/mol. The summed E-state index contributed by atoms with van der Waals surface area (Å²) in [6.45, 7) is 3.19. The molecular weight excluding hydrogens is 300 g/mol.